The quantitative estimate of drug-likeness (QED) is 0.0262. The molecule has 0 fully saturated rings. The molecular weight excluding hydrogens is 865 g/mol. The molecule has 0 aromatic rings. The van der Waals surface area contributed by atoms with Crippen molar-refractivity contribution in [3.63, 3.8) is 0 Å². The Bertz CT molecular complexity index is 1620. The highest BCUT2D eigenvalue weighted by atomic mass is 16.6. The largest absolute Gasteiger partial charge is 0.462 e. The molecule has 6 nitrogen and oxygen atoms in total. The molecule has 0 saturated heterocycles. The van der Waals surface area contributed by atoms with Crippen molar-refractivity contribution in [3.8, 4) is 0 Å². The van der Waals surface area contributed by atoms with Crippen LogP contribution in [0.4, 0.5) is 0 Å². The third kappa shape index (κ3) is 54.0. The third-order valence-corrected chi connectivity index (χ3v) is 10.8. The van der Waals surface area contributed by atoms with Crippen LogP contribution in [0.3, 0.4) is 0 Å². The van der Waals surface area contributed by atoms with Crippen molar-refractivity contribution >= 4 is 17.9 Å². The van der Waals surface area contributed by atoms with Gasteiger partial charge in [0.1, 0.15) is 13.2 Å². The van der Waals surface area contributed by atoms with E-state index in [1.54, 1.807) is 6.08 Å². The lowest BCUT2D eigenvalue weighted by Crippen LogP contribution is -2.30. The molecule has 6 heteroatoms. The monoisotopic (exact) mass is 963 g/mol. The minimum absolute atomic E-state index is 0.0798. The van der Waals surface area contributed by atoms with Gasteiger partial charge in [-0.3, -0.25) is 14.4 Å². The van der Waals surface area contributed by atoms with Gasteiger partial charge in [0.15, 0.2) is 6.10 Å². The normalized spacial score (nSPS) is 13.4. The molecule has 0 aromatic heterocycles. The molecule has 0 bridgehead atoms. The van der Waals surface area contributed by atoms with Gasteiger partial charge >= 0.3 is 17.9 Å². The second kappa shape index (κ2) is 56.6. The van der Waals surface area contributed by atoms with Crippen LogP contribution in [-0.2, 0) is 28.6 Å². The lowest BCUT2D eigenvalue weighted by molar-refractivity contribution is -0.166. The Balaban J connectivity index is 4.53. The van der Waals surface area contributed by atoms with E-state index < -0.39 is 12.1 Å². The molecule has 0 spiro atoms. The van der Waals surface area contributed by atoms with Gasteiger partial charge in [-0.2, -0.15) is 0 Å². The van der Waals surface area contributed by atoms with E-state index in [1.165, 1.54) is 32.1 Å². The van der Waals surface area contributed by atoms with Gasteiger partial charge in [-0.1, -0.05) is 217 Å². The first-order valence-electron chi connectivity index (χ1n) is 27.5. The Labute approximate surface area is 429 Å². The summed E-state index contributed by atoms with van der Waals surface area (Å²) < 4.78 is 16.7. The van der Waals surface area contributed by atoms with Crippen molar-refractivity contribution in [2.24, 2.45) is 0 Å². The highest BCUT2D eigenvalue weighted by Crippen LogP contribution is 2.11. The van der Waals surface area contributed by atoms with Crippen LogP contribution in [0.5, 0.6) is 0 Å². The molecule has 0 aliphatic carbocycles. The second-order valence-electron chi connectivity index (χ2n) is 17.4. The van der Waals surface area contributed by atoms with E-state index >= 15 is 0 Å². The zero-order valence-corrected chi connectivity index (χ0v) is 44.5. The maximum atomic E-state index is 12.8. The number of esters is 3. The SMILES string of the molecule is CC/C=C\C/C=C\C/C=C\C/C=C\C/C=C\C/C=C\C/C=C\CCCCCC(=O)OCC(COC(=O)CCCCCCC/C=C\CCCCC)OC(=O)C/C=C\C/C=C\C/C=C\C/C=C\C/C=C\CC. The zero-order chi connectivity index (χ0) is 50.7. The lowest BCUT2D eigenvalue weighted by atomic mass is 10.1. The van der Waals surface area contributed by atoms with Crippen LogP contribution in [0, 0.1) is 0 Å². The Kier molecular flexibility index (Phi) is 52.6. The van der Waals surface area contributed by atoms with E-state index in [9.17, 15) is 14.4 Å². The van der Waals surface area contributed by atoms with Crippen molar-refractivity contribution < 1.29 is 28.6 Å². The predicted octanol–water partition coefficient (Wildman–Crippen LogP) is 18.6. The van der Waals surface area contributed by atoms with Gasteiger partial charge in [-0.05, 0) is 128 Å². The minimum atomic E-state index is -0.857. The summed E-state index contributed by atoms with van der Waals surface area (Å²) >= 11 is 0. The van der Waals surface area contributed by atoms with Crippen LogP contribution >= 0.6 is 0 Å². The van der Waals surface area contributed by atoms with Gasteiger partial charge in [-0.25, -0.2) is 0 Å². The molecule has 390 valence electrons. The fraction of sp³-hybridized carbons (Fsp3) is 0.547. The van der Waals surface area contributed by atoms with Gasteiger partial charge in [-0.15, -0.1) is 0 Å². The maximum Gasteiger partial charge on any atom is 0.310 e. The first kappa shape index (κ1) is 65.0. The topological polar surface area (TPSA) is 78.9 Å². The fourth-order valence-electron chi connectivity index (χ4n) is 6.73. The van der Waals surface area contributed by atoms with Crippen molar-refractivity contribution in [2.75, 3.05) is 13.2 Å². The summed E-state index contributed by atoms with van der Waals surface area (Å²) in [6, 6.07) is 0. The molecule has 0 amide bonds. The van der Waals surface area contributed by atoms with E-state index in [0.717, 1.165) is 128 Å². The molecule has 0 radical (unpaired) electrons. The van der Waals surface area contributed by atoms with E-state index in [1.807, 2.05) is 6.08 Å². The number of allylic oxidation sites excluding steroid dienone is 25. The Morgan fingerprint density at radius 2 is 0.600 bits per heavy atom. The summed E-state index contributed by atoms with van der Waals surface area (Å²) in [7, 11) is 0. The smallest absolute Gasteiger partial charge is 0.310 e. The lowest BCUT2D eigenvalue weighted by Gasteiger charge is -2.18. The number of carbonyl (C=O) groups is 3. The minimum Gasteiger partial charge on any atom is -0.462 e. The third-order valence-electron chi connectivity index (χ3n) is 10.8. The summed E-state index contributed by atoms with van der Waals surface area (Å²) in [5.74, 6) is -1.12. The van der Waals surface area contributed by atoms with E-state index in [-0.39, 0.29) is 38.0 Å². The van der Waals surface area contributed by atoms with Crippen molar-refractivity contribution in [2.45, 2.75) is 213 Å². The van der Waals surface area contributed by atoms with Crippen molar-refractivity contribution in [1.82, 2.24) is 0 Å². The molecule has 0 aliphatic heterocycles. The molecule has 0 saturated carbocycles. The van der Waals surface area contributed by atoms with Crippen LogP contribution in [0.2, 0.25) is 0 Å². The summed E-state index contributed by atoms with van der Waals surface area (Å²) in [6.45, 7) is 6.24. The zero-order valence-electron chi connectivity index (χ0n) is 44.5. The van der Waals surface area contributed by atoms with Gasteiger partial charge < -0.3 is 14.2 Å². The number of hydrogen-bond donors (Lipinski definition) is 0. The molecule has 0 heterocycles. The fourth-order valence-corrected chi connectivity index (χ4v) is 6.73. The van der Waals surface area contributed by atoms with Gasteiger partial charge in [0.2, 0.25) is 0 Å². The standard InChI is InChI=1S/C64H98O6/c1-4-7-10-13-16-19-22-25-27-28-29-30-31-32-33-34-35-36-38-39-42-45-48-51-54-57-63(66)69-60-61(59-68-62(65)56-53-50-47-44-41-24-21-18-15-12-9-6-3)70-64(67)58-55-52-49-46-43-40-37-26-23-20-17-14-11-8-5-2/h7-8,10-11,16-21,25-27,29-30,32-33,35-37,39,42-43,46,52,55,61H,4-6,9,12-15,22-24,28,31,34,38,40-41,44-45,47-51,53-54,56-60H2,1-3H3/b10-7-,11-8-,19-16-,20-17-,21-18-,27-25-,30-29-,33-32-,36-35-,37-26-,42-39-,46-43-,55-52-. The highest BCUT2D eigenvalue weighted by Gasteiger charge is 2.19. The summed E-state index contributed by atoms with van der Waals surface area (Å²) in [5, 5.41) is 0. The molecular formula is C64H98O6. The van der Waals surface area contributed by atoms with Crippen LogP contribution in [0.15, 0.2) is 158 Å². The predicted molar refractivity (Wildman–Crippen MR) is 302 cm³/mol. The van der Waals surface area contributed by atoms with E-state index in [0.29, 0.717) is 12.8 Å². The maximum absolute atomic E-state index is 12.8. The highest BCUT2D eigenvalue weighted by molar-refractivity contribution is 5.72. The van der Waals surface area contributed by atoms with Crippen LogP contribution in [0.1, 0.15) is 207 Å². The molecule has 0 aromatic carbocycles. The van der Waals surface area contributed by atoms with Crippen LogP contribution in [-0.4, -0.2) is 37.2 Å². The first-order chi connectivity index (χ1) is 34.5. The number of rotatable bonds is 47. The molecule has 0 rings (SSSR count). The Morgan fingerprint density at radius 3 is 0.971 bits per heavy atom. The number of hydrogen-bond acceptors (Lipinski definition) is 6. The average Bonchev–Trinajstić information content (AvgIpc) is 3.36. The van der Waals surface area contributed by atoms with Crippen molar-refractivity contribution in [1.29, 1.82) is 0 Å². The molecule has 0 aliphatic rings. The molecule has 70 heavy (non-hydrogen) atoms. The summed E-state index contributed by atoms with van der Waals surface area (Å²) in [5.41, 5.74) is 0. The first-order valence-corrected chi connectivity index (χ1v) is 27.5. The van der Waals surface area contributed by atoms with Crippen LogP contribution < -0.4 is 0 Å². The second-order valence-corrected chi connectivity index (χ2v) is 17.4. The van der Waals surface area contributed by atoms with Gasteiger partial charge in [0.25, 0.3) is 0 Å². The molecule has 1 atom stereocenters. The Hall–Kier alpha value is -4.97. The number of ether oxygens (including phenoxy) is 3. The Morgan fingerprint density at radius 1 is 0.314 bits per heavy atom. The molecule has 1 unspecified atom stereocenters. The molecule has 0 N–H and O–H groups in total. The van der Waals surface area contributed by atoms with E-state index in [4.69, 9.17) is 14.2 Å². The van der Waals surface area contributed by atoms with Gasteiger partial charge in [0, 0.05) is 12.8 Å². The summed E-state index contributed by atoms with van der Waals surface area (Å²) in [4.78, 5) is 38.0. The van der Waals surface area contributed by atoms with Crippen LogP contribution in [0.25, 0.3) is 0 Å². The summed E-state index contributed by atoms with van der Waals surface area (Å²) in [6.07, 6.45) is 82.6. The van der Waals surface area contributed by atoms with Crippen molar-refractivity contribution in [3.05, 3.63) is 158 Å². The van der Waals surface area contributed by atoms with E-state index in [2.05, 4.69) is 167 Å². The van der Waals surface area contributed by atoms with Gasteiger partial charge in [0.05, 0.1) is 6.42 Å². The number of unbranched alkanes of at least 4 members (excludes halogenated alkanes) is 11. The average molecular weight is 963 g/mol. The number of carbonyl (C=O) groups excluding carboxylic acids is 3.